The summed E-state index contributed by atoms with van der Waals surface area (Å²) in [5, 5.41) is 10.8. The van der Waals surface area contributed by atoms with Gasteiger partial charge in [-0.05, 0) is 23.3 Å². The van der Waals surface area contributed by atoms with Crippen LogP contribution in [0, 0.1) is 10.1 Å². The van der Waals surface area contributed by atoms with Crippen LogP contribution in [0.2, 0.25) is 0 Å². The minimum Gasteiger partial charge on any atom is -0.383 e. The summed E-state index contributed by atoms with van der Waals surface area (Å²) in [6.45, 7) is 0.469. The maximum atomic E-state index is 12.0. The van der Waals surface area contributed by atoms with E-state index in [1.807, 2.05) is 0 Å². The van der Waals surface area contributed by atoms with E-state index in [-0.39, 0.29) is 23.7 Å². The Labute approximate surface area is 134 Å². The third-order valence-electron chi connectivity index (χ3n) is 3.15. The minimum atomic E-state index is -3.59. The Bertz CT molecular complexity index is 788. The van der Waals surface area contributed by atoms with Gasteiger partial charge >= 0.3 is 0 Å². The zero-order chi connectivity index (χ0) is 16.9. The smallest absolute Gasteiger partial charge is 0.270 e. The highest BCUT2D eigenvalue weighted by Crippen LogP contribution is 2.24. The molecule has 0 bridgehead atoms. The van der Waals surface area contributed by atoms with Gasteiger partial charge < -0.3 is 4.74 Å². The highest BCUT2D eigenvalue weighted by molar-refractivity contribution is 7.89. The molecule has 0 spiro atoms. The second kappa shape index (κ2) is 7.32. The number of nitrogens with zero attached hydrogens (tertiary/aromatic N) is 1. The molecule has 0 heterocycles. The van der Waals surface area contributed by atoms with E-state index in [4.69, 9.17) is 4.74 Å². The van der Waals surface area contributed by atoms with E-state index in [0.717, 1.165) is 0 Å². The van der Waals surface area contributed by atoms with Gasteiger partial charge in [0.2, 0.25) is 10.0 Å². The van der Waals surface area contributed by atoms with Crippen LogP contribution in [-0.4, -0.2) is 33.6 Å². The molecule has 8 heteroatoms. The van der Waals surface area contributed by atoms with E-state index in [1.165, 1.54) is 31.4 Å². The topological polar surface area (TPSA) is 98.5 Å². The number of nitro benzene ring substituents is 1. The Balaban J connectivity index is 2.22. The number of non-ortho nitro benzene ring substituents is 1. The molecule has 0 aliphatic rings. The molecule has 0 amide bonds. The first-order valence-corrected chi connectivity index (χ1v) is 8.26. The average molecular weight is 336 g/mol. The van der Waals surface area contributed by atoms with E-state index < -0.39 is 14.9 Å². The van der Waals surface area contributed by atoms with Crippen LogP contribution < -0.4 is 4.72 Å². The molecule has 0 aliphatic carbocycles. The van der Waals surface area contributed by atoms with E-state index >= 15 is 0 Å². The van der Waals surface area contributed by atoms with Crippen molar-refractivity contribution in [2.45, 2.75) is 4.90 Å². The summed E-state index contributed by atoms with van der Waals surface area (Å²) in [6, 6.07) is 12.3. The van der Waals surface area contributed by atoms with Gasteiger partial charge in [0.15, 0.2) is 0 Å². The molecule has 23 heavy (non-hydrogen) atoms. The molecule has 122 valence electrons. The van der Waals surface area contributed by atoms with Crippen molar-refractivity contribution in [2.75, 3.05) is 20.3 Å². The summed E-state index contributed by atoms with van der Waals surface area (Å²) >= 11 is 0. The third-order valence-corrected chi connectivity index (χ3v) is 4.63. The van der Waals surface area contributed by atoms with Gasteiger partial charge in [-0.2, -0.15) is 0 Å². The number of ether oxygens (including phenoxy) is 1. The van der Waals surface area contributed by atoms with Crippen LogP contribution in [0.4, 0.5) is 5.69 Å². The molecule has 0 saturated carbocycles. The van der Waals surface area contributed by atoms with Gasteiger partial charge in [-0.3, -0.25) is 10.1 Å². The first kappa shape index (κ1) is 17.1. The van der Waals surface area contributed by atoms with Crippen LogP contribution >= 0.6 is 0 Å². The first-order chi connectivity index (χ1) is 10.9. The SMILES string of the molecule is COCCNS(=O)(=O)c1ccc(-c2cccc([N+](=O)[O-])c2)cc1. The lowest BCUT2D eigenvalue weighted by molar-refractivity contribution is -0.384. The van der Waals surface area contributed by atoms with Crippen molar-refractivity contribution < 1.29 is 18.1 Å². The lowest BCUT2D eigenvalue weighted by Gasteiger charge is -2.07. The second-order valence-electron chi connectivity index (χ2n) is 4.72. The standard InChI is InChI=1S/C15H16N2O5S/c1-22-10-9-16-23(20,21)15-7-5-12(6-8-15)13-3-2-4-14(11-13)17(18)19/h2-8,11,16H,9-10H2,1H3. The molecule has 2 aromatic rings. The molecule has 0 atom stereocenters. The van der Waals surface area contributed by atoms with Crippen molar-refractivity contribution in [3.05, 3.63) is 58.6 Å². The van der Waals surface area contributed by atoms with E-state index in [9.17, 15) is 18.5 Å². The molecular formula is C15H16N2O5S. The Morgan fingerprint density at radius 3 is 2.43 bits per heavy atom. The normalized spacial score (nSPS) is 11.3. The molecule has 0 aromatic heterocycles. The summed E-state index contributed by atoms with van der Waals surface area (Å²) in [7, 11) is -2.10. The van der Waals surface area contributed by atoms with Gasteiger partial charge in [0.25, 0.3) is 5.69 Å². The van der Waals surface area contributed by atoms with Crippen LogP contribution in [0.5, 0.6) is 0 Å². The van der Waals surface area contributed by atoms with Crippen molar-refractivity contribution in [1.29, 1.82) is 0 Å². The Morgan fingerprint density at radius 1 is 1.13 bits per heavy atom. The largest absolute Gasteiger partial charge is 0.383 e. The van der Waals surface area contributed by atoms with Crippen LogP contribution in [0.25, 0.3) is 11.1 Å². The maximum absolute atomic E-state index is 12.0. The molecule has 1 N–H and O–H groups in total. The van der Waals surface area contributed by atoms with E-state index in [2.05, 4.69) is 4.72 Å². The lowest BCUT2D eigenvalue weighted by Crippen LogP contribution is -2.27. The molecule has 0 fully saturated rings. The average Bonchev–Trinajstić information content (AvgIpc) is 2.55. The van der Waals surface area contributed by atoms with Gasteiger partial charge in [-0.15, -0.1) is 0 Å². The quantitative estimate of drug-likeness (QED) is 0.475. The number of nitrogens with one attached hydrogen (secondary N) is 1. The molecule has 0 unspecified atom stereocenters. The monoisotopic (exact) mass is 336 g/mol. The molecule has 0 saturated heterocycles. The van der Waals surface area contributed by atoms with Crippen molar-refractivity contribution in [2.24, 2.45) is 0 Å². The number of nitro groups is 1. The van der Waals surface area contributed by atoms with Crippen LogP contribution in [-0.2, 0) is 14.8 Å². The maximum Gasteiger partial charge on any atom is 0.270 e. The van der Waals surface area contributed by atoms with E-state index in [1.54, 1.807) is 24.3 Å². The number of sulfonamides is 1. The van der Waals surface area contributed by atoms with Gasteiger partial charge in [-0.1, -0.05) is 24.3 Å². The fourth-order valence-corrected chi connectivity index (χ4v) is 3.00. The zero-order valence-electron chi connectivity index (χ0n) is 12.4. The van der Waals surface area contributed by atoms with Gasteiger partial charge in [0, 0.05) is 25.8 Å². The lowest BCUT2D eigenvalue weighted by atomic mass is 10.1. The number of hydrogen-bond donors (Lipinski definition) is 1. The predicted molar refractivity (Wildman–Crippen MR) is 85.6 cm³/mol. The second-order valence-corrected chi connectivity index (χ2v) is 6.49. The van der Waals surface area contributed by atoms with Crippen LogP contribution in [0.15, 0.2) is 53.4 Å². The summed E-state index contributed by atoms with van der Waals surface area (Å²) in [5.41, 5.74) is 1.33. The van der Waals surface area contributed by atoms with Gasteiger partial charge in [0.1, 0.15) is 0 Å². The Hall–Kier alpha value is -2.29. The molecule has 2 rings (SSSR count). The van der Waals surface area contributed by atoms with Crippen molar-refractivity contribution in [1.82, 2.24) is 4.72 Å². The highest BCUT2D eigenvalue weighted by Gasteiger charge is 2.13. The molecular weight excluding hydrogens is 320 g/mol. The number of hydrogen-bond acceptors (Lipinski definition) is 5. The van der Waals surface area contributed by atoms with Crippen LogP contribution in [0.3, 0.4) is 0 Å². The summed E-state index contributed by atoms with van der Waals surface area (Å²) in [5.74, 6) is 0. The van der Waals surface area contributed by atoms with Gasteiger partial charge in [-0.25, -0.2) is 13.1 Å². The number of benzene rings is 2. The predicted octanol–water partition coefficient (Wildman–Crippen LogP) is 2.19. The molecule has 0 radical (unpaired) electrons. The molecule has 7 nitrogen and oxygen atoms in total. The summed E-state index contributed by atoms with van der Waals surface area (Å²) in [6.07, 6.45) is 0. The van der Waals surface area contributed by atoms with E-state index in [0.29, 0.717) is 11.1 Å². The number of rotatable bonds is 7. The zero-order valence-corrected chi connectivity index (χ0v) is 13.2. The molecule has 2 aromatic carbocycles. The minimum absolute atomic E-state index is 0.0135. The fraction of sp³-hybridized carbons (Fsp3) is 0.200. The Kier molecular flexibility index (Phi) is 5.43. The first-order valence-electron chi connectivity index (χ1n) is 6.77. The number of methoxy groups -OCH3 is 1. The van der Waals surface area contributed by atoms with Crippen LogP contribution in [0.1, 0.15) is 0 Å². The summed E-state index contributed by atoms with van der Waals surface area (Å²) in [4.78, 5) is 10.5. The van der Waals surface area contributed by atoms with Gasteiger partial charge in [0.05, 0.1) is 16.4 Å². The highest BCUT2D eigenvalue weighted by atomic mass is 32.2. The summed E-state index contributed by atoms with van der Waals surface area (Å²) < 4.78 is 31.3. The Morgan fingerprint density at radius 2 is 1.83 bits per heavy atom. The molecule has 0 aliphatic heterocycles. The van der Waals surface area contributed by atoms with Crippen molar-refractivity contribution in [3.8, 4) is 11.1 Å². The fourth-order valence-electron chi connectivity index (χ4n) is 1.99. The third kappa shape index (κ3) is 4.35. The van der Waals surface area contributed by atoms with Crippen molar-refractivity contribution >= 4 is 15.7 Å². The van der Waals surface area contributed by atoms with Crippen molar-refractivity contribution in [3.63, 3.8) is 0 Å².